The van der Waals surface area contributed by atoms with Crippen molar-refractivity contribution >= 4 is 5.91 Å². The minimum Gasteiger partial charge on any atom is -0.348 e. The molecule has 1 heterocycles. The second kappa shape index (κ2) is 8.81. The molecule has 0 saturated carbocycles. The van der Waals surface area contributed by atoms with Crippen LogP contribution < -0.4 is 16.6 Å². The lowest BCUT2D eigenvalue weighted by Gasteiger charge is -2.14. The van der Waals surface area contributed by atoms with Gasteiger partial charge in [-0.1, -0.05) is 37.3 Å². The fourth-order valence-corrected chi connectivity index (χ4v) is 2.77. The Morgan fingerprint density at radius 1 is 1.07 bits per heavy atom. The smallest absolute Gasteiger partial charge is 0.348 e. The molecule has 0 bridgehead atoms. The maximum atomic E-state index is 14.3. The van der Waals surface area contributed by atoms with Crippen molar-refractivity contribution in [3.8, 4) is 5.69 Å². The third kappa shape index (κ3) is 4.19. The number of halogens is 2. The molecule has 0 aliphatic heterocycles. The van der Waals surface area contributed by atoms with Crippen molar-refractivity contribution in [1.29, 1.82) is 0 Å². The van der Waals surface area contributed by atoms with Gasteiger partial charge in [0.15, 0.2) is 0 Å². The van der Waals surface area contributed by atoms with Crippen molar-refractivity contribution in [2.45, 2.75) is 32.9 Å². The third-order valence-electron chi connectivity index (χ3n) is 4.63. The molecule has 0 unspecified atom stereocenters. The average molecular weight is 414 g/mol. The highest BCUT2D eigenvalue weighted by Crippen LogP contribution is 2.10. The van der Waals surface area contributed by atoms with Gasteiger partial charge in [0.2, 0.25) is 5.69 Å². The molecule has 1 N–H and O–H groups in total. The van der Waals surface area contributed by atoms with Crippen LogP contribution in [0, 0.1) is 11.6 Å². The number of hydrogen-bond donors (Lipinski definition) is 1. The predicted octanol–water partition coefficient (Wildman–Crippen LogP) is 2.25. The number of benzene rings is 2. The van der Waals surface area contributed by atoms with Gasteiger partial charge in [-0.15, -0.1) is 0 Å². The van der Waals surface area contributed by atoms with Crippen molar-refractivity contribution in [3.63, 3.8) is 0 Å². The van der Waals surface area contributed by atoms with Gasteiger partial charge in [0.25, 0.3) is 11.5 Å². The van der Waals surface area contributed by atoms with Crippen LogP contribution in [0.15, 0.2) is 58.1 Å². The van der Waals surface area contributed by atoms with Gasteiger partial charge in [0.1, 0.15) is 17.3 Å². The highest BCUT2D eigenvalue weighted by molar-refractivity contribution is 5.91. The van der Waals surface area contributed by atoms with Crippen LogP contribution >= 0.6 is 0 Å². The minimum absolute atomic E-state index is 0.0660. The maximum Gasteiger partial charge on any atom is 0.352 e. The van der Waals surface area contributed by atoms with E-state index in [1.807, 2.05) is 6.92 Å². The van der Waals surface area contributed by atoms with Gasteiger partial charge in [-0.25, -0.2) is 13.6 Å². The Hall–Kier alpha value is -3.62. The lowest BCUT2D eigenvalue weighted by atomic mass is 10.2. The van der Waals surface area contributed by atoms with Crippen LogP contribution in [-0.2, 0) is 6.54 Å². The molecule has 30 heavy (non-hydrogen) atoms. The molecule has 1 amide bonds. The minimum atomic E-state index is -0.992. The third-order valence-corrected chi connectivity index (χ3v) is 4.63. The van der Waals surface area contributed by atoms with Crippen LogP contribution in [0.4, 0.5) is 8.78 Å². The van der Waals surface area contributed by atoms with Crippen LogP contribution in [0.1, 0.15) is 36.3 Å². The molecule has 3 rings (SSSR count). The summed E-state index contributed by atoms with van der Waals surface area (Å²) < 4.78 is 29.8. The number of hydrogen-bond acceptors (Lipinski definition) is 4. The Labute approximate surface area is 170 Å². The molecule has 0 saturated heterocycles. The second-order valence-corrected chi connectivity index (χ2v) is 6.76. The zero-order valence-corrected chi connectivity index (χ0v) is 16.4. The van der Waals surface area contributed by atoms with Gasteiger partial charge in [-0.05, 0) is 31.5 Å². The van der Waals surface area contributed by atoms with E-state index in [1.54, 1.807) is 13.0 Å². The average Bonchev–Trinajstić information content (AvgIpc) is 2.73. The molecule has 2 aromatic carbocycles. The largest absolute Gasteiger partial charge is 0.352 e. The van der Waals surface area contributed by atoms with Gasteiger partial charge < -0.3 is 5.32 Å². The van der Waals surface area contributed by atoms with E-state index in [0.29, 0.717) is 15.7 Å². The molecule has 1 aromatic heterocycles. The molecule has 0 spiro atoms. The molecule has 156 valence electrons. The molecule has 0 aliphatic carbocycles. The molecule has 3 aromatic rings. The molecular weight excluding hydrogens is 394 g/mol. The first-order valence-corrected chi connectivity index (χ1v) is 9.36. The summed E-state index contributed by atoms with van der Waals surface area (Å²) in [6.45, 7) is 3.14. The maximum absolute atomic E-state index is 14.3. The molecule has 0 radical (unpaired) electrons. The van der Waals surface area contributed by atoms with Crippen molar-refractivity contribution in [1.82, 2.24) is 19.7 Å². The molecular formula is C21H20F2N4O3. The second-order valence-electron chi connectivity index (χ2n) is 6.76. The monoisotopic (exact) mass is 414 g/mol. The van der Waals surface area contributed by atoms with Crippen molar-refractivity contribution in [2.24, 2.45) is 0 Å². The van der Waals surface area contributed by atoms with Crippen LogP contribution in [0.5, 0.6) is 0 Å². The Balaban J connectivity index is 2.23. The molecule has 7 nitrogen and oxygen atoms in total. The van der Waals surface area contributed by atoms with E-state index in [0.717, 1.165) is 6.07 Å². The van der Waals surface area contributed by atoms with Crippen molar-refractivity contribution in [3.05, 3.63) is 92.3 Å². The van der Waals surface area contributed by atoms with E-state index in [9.17, 15) is 23.2 Å². The molecule has 0 aliphatic rings. The highest BCUT2D eigenvalue weighted by Gasteiger charge is 2.22. The Kier molecular flexibility index (Phi) is 6.20. The number of nitrogens with one attached hydrogen (secondary N) is 1. The molecule has 9 heteroatoms. The van der Waals surface area contributed by atoms with Gasteiger partial charge in [-0.3, -0.25) is 14.2 Å². The van der Waals surface area contributed by atoms with Crippen LogP contribution in [0.2, 0.25) is 0 Å². The Morgan fingerprint density at radius 2 is 1.70 bits per heavy atom. The summed E-state index contributed by atoms with van der Waals surface area (Å²) in [7, 11) is 0. The lowest BCUT2D eigenvalue weighted by molar-refractivity contribution is 0.0929. The fourth-order valence-electron chi connectivity index (χ4n) is 2.77. The highest BCUT2D eigenvalue weighted by atomic mass is 19.1. The zero-order valence-electron chi connectivity index (χ0n) is 16.4. The van der Waals surface area contributed by atoms with E-state index in [2.05, 4.69) is 10.4 Å². The molecule has 0 fully saturated rings. The van der Waals surface area contributed by atoms with E-state index in [-0.39, 0.29) is 17.3 Å². The normalized spacial score (nSPS) is 11.9. The predicted molar refractivity (Wildman–Crippen MR) is 107 cm³/mol. The fraction of sp³-hybridized carbons (Fsp3) is 0.238. The van der Waals surface area contributed by atoms with Crippen LogP contribution in [0.25, 0.3) is 5.69 Å². The Morgan fingerprint density at radius 3 is 2.33 bits per heavy atom. The van der Waals surface area contributed by atoms with Crippen molar-refractivity contribution < 1.29 is 13.6 Å². The quantitative estimate of drug-likeness (QED) is 0.670. The first-order valence-electron chi connectivity index (χ1n) is 9.36. The summed E-state index contributed by atoms with van der Waals surface area (Å²) in [5, 5.41) is 6.44. The summed E-state index contributed by atoms with van der Waals surface area (Å²) in [5.41, 5.74) is -2.74. The number of para-hydroxylation sites is 1. The number of rotatable bonds is 6. The number of amides is 1. The van der Waals surface area contributed by atoms with E-state index in [1.165, 1.54) is 36.4 Å². The summed E-state index contributed by atoms with van der Waals surface area (Å²) in [4.78, 5) is 38.5. The summed E-state index contributed by atoms with van der Waals surface area (Å²) in [5.74, 6) is -2.19. The zero-order chi connectivity index (χ0) is 21.8. The SMILES string of the molecule is CC[C@H](C)NC(=O)c1nn(-c2ccccc2F)c(=O)n(Cc2ccccc2F)c1=O. The van der Waals surface area contributed by atoms with E-state index >= 15 is 0 Å². The van der Waals surface area contributed by atoms with Crippen molar-refractivity contribution in [2.75, 3.05) is 0 Å². The van der Waals surface area contributed by atoms with Gasteiger partial charge in [0.05, 0.1) is 6.54 Å². The number of carbonyl (C=O) groups is 1. The lowest BCUT2D eigenvalue weighted by Crippen LogP contribution is -2.47. The van der Waals surface area contributed by atoms with Crippen LogP contribution in [0.3, 0.4) is 0 Å². The summed E-state index contributed by atoms with van der Waals surface area (Å²) >= 11 is 0. The topological polar surface area (TPSA) is 86.0 Å². The summed E-state index contributed by atoms with van der Waals surface area (Å²) in [6, 6.07) is 10.7. The van der Waals surface area contributed by atoms with E-state index < -0.39 is 41.0 Å². The number of aromatic nitrogens is 3. The Bertz CT molecular complexity index is 1200. The number of nitrogens with zero attached hydrogens (tertiary/aromatic N) is 3. The first-order chi connectivity index (χ1) is 14.3. The van der Waals surface area contributed by atoms with Gasteiger partial charge >= 0.3 is 5.69 Å². The number of carbonyl (C=O) groups excluding carboxylic acids is 1. The van der Waals surface area contributed by atoms with Crippen LogP contribution in [-0.4, -0.2) is 26.3 Å². The summed E-state index contributed by atoms with van der Waals surface area (Å²) in [6.07, 6.45) is 0.599. The van der Waals surface area contributed by atoms with Gasteiger partial charge in [-0.2, -0.15) is 9.78 Å². The van der Waals surface area contributed by atoms with E-state index in [4.69, 9.17) is 0 Å². The molecule has 1 atom stereocenters. The standard InChI is InChI=1S/C21H20F2N4O3/c1-3-13(2)24-19(28)18-20(29)26(12-14-8-4-5-9-15(14)22)21(30)27(25-18)17-11-7-6-10-16(17)23/h4-11,13H,3,12H2,1-2H3,(H,24,28)/t13-/m0/s1. The van der Waals surface area contributed by atoms with Gasteiger partial charge in [0, 0.05) is 11.6 Å². The first kappa shape index (κ1) is 21.1.